The van der Waals surface area contributed by atoms with Gasteiger partial charge in [-0.1, -0.05) is 29.4 Å². The molecule has 4 N–H and O–H groups in total. The Labute approximate surface area is 155 Å². The molecule has 0 aliphatic carbocycles. The Morgan fingerprint density at radius 3 is 2.67 bits per heavy atom. The molecule has 1 amide bonds. The average Bonchev–Trinajstić information content (AvgIpc) is 3.10. The van der Waals surface area contributed by atoms with Crippen LogP contribution in [0.2, 0.25) is 0 Å². The van der Waals surface area contributed by atoms with Crippen LogP contribution in [0.25, 0.3) is 0 Å². The number of nitrogens with one attached hydrogen (secondary N) is 1. The topological polar surface area (TPSA) is 146 Å². The van der Waals surface area contributed by atoms with Gasteiger partial charge in [-0.3, -0.25) is 19.8 Å². The number of carboxylic acid groups (broad SMARTS) is 1. The summed E-state index contributed by atoms with van der Waals surface area (Å²) in [6.45, 7) is 0.133. The maximum atomic E-state index is 12.4. The Morgan fingerprint density at radius 1 is 1.33 bits per heavy atom. The summed E-state index contributed by atoms with van der Waals surface area (Å²) in [5.74, 6) is -2.97. The zero-order chi connectivity index (χ0) is 19.6. The number of nitrogens with two attached hydrogens (primary N) is 1. The van der Waals surface area contributed by atoms with Crippen LogP contribution in [0.15, 0.2) is 29.4 Å². The van der Waals surface area contributed by atoms with E-state index >= 15 is 0 Å². The van der Waals surface area contributed by atoms with Gasteiger partial charge in [0, 0.05) is 31.5 Å². The molecular formula is C18H20N4O5. The van der Waals surface area contributed by atoms with Crippen molar-refractivity contribution in [3.8, 4) is 0 Å². The number of likely N-dealkylation sites (tertiary alicyclic amines) is 1. The highest BCUT2D eigenvalue weighted by molar-refractivity contribution is 6.03. The Morgan fingerprint density at radius 2 is 2.04 bits per heavy atom. The minimum absolute atomic E-state index is 0.0192. The maximum absolute atomic E-state index is 12.4. The molecule has 1 saturated heterocycles. The SMILES string of the molecule is N=C(N)c1ccc(C2=NOC(CC(=O)N3CCC(=O)C(C(=O)O)C3)C2)cc1. The van der Waals surface area contributed by atoms with Gasteiger partial charge in [0.15, 0.2) is 5.78 Å². The summed E-state index contributed by atoms with van der Waals surface area (Å²) >= 11 is 0. The number of oxime groups is 1. The van der Waals surface area contributed by atoms with Crippen molar-refractivity contribution in [1.82, 2.24) is 4.90 Å². The van der Waals surface area contributed by atoms with Crippen LogP contribution in [-0.4, -0.2) is 58.4 Å². The molecule has 0 bridgehead atoms. The molecule has 2 heterocycles. The second-order valence-electron chi connectivity index (χ2n) is 6.61. The van der Waals surface area contributed by atoms with Gasteiger partial charge in [0.05, 0.1) is 12.1 Å². The van der Waals surface area contributed by atoms with Gasteiger partial charge in [0.1, 0.15) is 17.9 Å². The van der Waals surface area contributed by atoms with E-state index in [1.54, 1.807) is 24.3 Å². The van der Waals surface area contributed by atoms with E-state index in [2.05, 4.69) is 5.16 Å². The summed E-state index contributed by atoms with van der Waals surface area (Å²) in [7, 11) is 0. The normalized spacial score (nSPS) is 22.1. The van der Waals surface area contributed by atoms with Crippen LogP contribution in [0.3, 0.4) is 0 Å². The smallest absolute Gasteiger partial charge is 0.315 e. The van der Waals surface area contributed by atoms with Crippen molar-refractivity contribution in [2.24, 2.45) is 16.8 Å². The van der Waals surface area contributed by atoms with Gasteiger partial charge < -0.3 is 20.6 Å². The maximum Gasteiger partial charge on any atom is 0.315 e. The van der Waals surface area contributed by atoms with Crippen molar-refractivity contribution in [2.45, 2.75) is 25.4 Å². The van der Waals surface area contributed by atoms with Crippen molar-refractivity contribution in [2.75, 3.05) is 13.1 Å². The third-order valence-corrected chi connectivity index (χ3v) is 4.73. The lowest BCUT2D eigenvalue weighted by Gasteiger charge is -2.30. The van der Waals surface area contributed by atoms with Gasteiger partial charge in [0.2, 0.25) is 5.91 Å². The number of rotatable bonds is 5. The highest BCUT2D eigenvalue weighted by atomic mass is 16.6. The second-order valence-corrected chi connectivity index (χ2v) is 6.61. The fourth-order valence-corrected chi connectivity index (χ4v) is 3.15. The lowest BCUT2D eigenvalue weighted by atomic mass is 9.96. The molecule has 1 fully saturated rings. The first-order valence-electron chi connectivity index (χ1n) is 8.56. The van der Waals surface area contributed by atoms with Gasteiger partial charge in [-0.05, 0) is 5.56 Å². The number of aliphatic carboxylic acids is 1. The quantitative estimate of drug-likeness (QED) is 0.386. The number of carbonyl (C=O) groups is 3. The molecule has 2 aliphatic heterocycles. The van der Waals surface area contributed by atoms with Gasteiger partial charge in [-0.2, -0.15) is 0 Å². The molecule has 27 heavy (non-hydrogen) atoms. The first kappa shape index (κ1) is 18.6. The molecule has 1 aromatic rings. The summed E-state index contributed by atoms with van der Waals surface area (Å²) in [5.41, 5.74) is 7.56. The summed E-state index contributed by atoms with van der Waals surface area (Å²) in [4.78, 5) is 41.9. The predicted octanol–water partition coefficient (Wildman–Crippen LogP) is 0.356. The summed E-state index contributed by atoms with van der Waals surface area (Å²) < 4.78 is 0. The molecule has 9 nitrogen and oxygen atoms in total. The van der Waals surface area contributed by atoms with Crippen molar-refractivity contribution < 1.29 is 24.3 Å². The lowest BCUT2D eigenvalue weighted by Crippen LogP contribution is -2.47. The predicted molar refractivity (Wildman–Crippen MR) is 95.4 cm³/mol. The number of amidine groups is 1. The van der Waals surface area contributed by atoms with Crippen molar-refractivity contribution in [3.63, 3.8) is 0 Å². The fourth-order valence-electron chi connectivity index (χ4n) is 3.15. The molecule has 9 heteroatoms. The van der Waals surface area contributed by atoms with E-state index in [1.807, 2.05) is 0 Å². The fraction of sp³-hybridized carbons (Fsp3) is 0.389. The van der Waals surface area contributed by atoms with E-state index in [0.29, 0.717) is 17.7 Å². The second kappa shape index (κ2) is 7.56. The Balaban J connectivity index is 1.56. The third kappa shape index (κ3) is 4.13. The number of hydrogen-bond acceptors (Lipinski definition) is 6. The number of nitrogen functional groups attached to an aromatic ring is 1. The van der Waals surface area contributed by atoms with E-state index in [-0.39, 0.29) is 43.5 Å². The molecule has 0 aromatic heterocycles. The van der Waals surface area contributed by atoms with Crippen LogP contribution >= 0.6 is 0 Å². The molecule has 0 radical (unpaired) electrons. The van der Waals surface area contributed by atoms with Gasteiger partial charge in [0.25, 0.3) is 0 Å². The zero-order valence-corrected chi connectivity index (χ0v) is 14.6. The number of piperidine rings is 1. The van der Waals surface area contributed by atoms with Crippen LogP contribution in [0.5, 0.6) is 0 Å². The lowest BCUT2D eigenvalue weighted by molar-refractivity contribution is -0.151. The van der Waals surface area contributed by atoms with Crippen molar-refractivity contribution in [1.29, 1.82) is 5.41 Å². The number of ketones is 1. The van der Waals surface area contributed by atoms with Gasteiger partial charge >= 0.3 is 5.97 Å². The number of Topliss-reactive ketones (excluding diaryl/α,β-unsaturated/α-hetero) is 1. The number of nitrogens with zero attached hydrogens (tertiary/aromatic N) is 2. The van der Waals surface area contributed by atoms with Crippen LogP contribution in [-0.2, 0) is 19.2 Å². The molecule has 1 aromatic carbocycles. The minimum Gasteiger partial charge on any atom is -0.481 e. The van der Waals surface area contributed by atoms with Crippen molar-refractivity contribution >= 4 is 29.2 Å². The van der Waals surface area contributed by atoms with Crippen molar-refractivity contribution in [3.05, 3.63) is 35.4 Å². The number of benzene rings is 1. The van der Waals surface area contributed by atoms with Gasteiger partial charge in [-0.25, -0.2) is 0 Å². The van der Waals surface area contributed by atoms with Crippen LogP contribution in [0.4, 0.5) is 0 Å². The summed E-state index contributed by atoms with van der Waals surface area (Å²) in [6.07, 6.45) is 0.138. The molecule has 142 valence electrons. The largest absolute Gasteiger partial charge is 0.481 e. The van der Waals surface area contributed by atoms with E-state index in [4.69, 9.17) is 21.1 Å². The van der Waals surface area contributed by atoms with E-state index in [1.165, 1.54) is 4.90 Å². The standard InChI is InChI=1S/C18H20N4O5/c19-17(20)11-3-1-10(2-4-11)14-7-12(27-21-14)8-16(24)22-6-5-15(23)13(9-22)18(25)26/h1-4,12-13H,5-9H2,(H3,19,20)(H,25,26). The van der Waals surface area contributed by atoms with Crippen LogP contribution < -0.4 is 5.73 Å². The third-order valence-electron chi connectivity index (χ3n) is 4.73. The highest BCUT2D eigenvalue weighted by Gasteiger charge is 2.36. The monoisotopic (exact) mass is 372 g/mol. The molecule has 0 saturated carbocycles. The van der Waals surface area contributed by atoms with E-state index in [0.717, 1.165) is 5.56 Å². The molecule has 2 atom stereocenters. The molecule has 3 rings (SSSR count). The van der Waals surface area contributed by atoms with Crippen LogP contribution in [0, 0.1) is 11.3 Å². The summed E-state index contributed by atoms with van der Waals surface area (Å²) in [6, 6.07) is 7.01. The molecular weight excluding hydrogens is 352 g/mol. The molecule has 2 aliphatic rings. The highest BCUT2D eigenvalue weighted by Crippen LogP contribution is 2.22. The average molecular weight is 372 g/mol. The van der Waals surface area contributed by atoms with E-state index < -0.39 is 18.0 Å². The number of carboxylic acids is 1. The Kier molecular flexibility index (Phi) is 5.20. The Bertz CT molecular complexity index is 818. The first-order chi connectivity index (χ1) is 12.8. The zero-order valence-electron chi connectivity index (χ0n) is 14.6. The number of carbonyl (C=O) groups excluding carboxylic acids is 2. The minimum atomic E-state index is -1.20. The molecule has 0 spiro atoms. The summed E-state index contributed by atoms with van der Waals surface area (Å²) in [5, 5.41) is 20.5. The molecule has 2 unspecified atom stereocenters. The van der Waals surface area contributed by atoms with E-state index in [9.17, 15) is 14.4 Å². The van der Waals surface area contributed by atoms with Gasteiger partial charge in [-0.15, -0.1) is 0 Å². The number of amides is 1. The first-order valence-corrected chi connectivity index (χ1v) is 8.56. The Hall–Kier alpha value is -3.23. The number of hydrogen-bond donors (Lipinski definition) is 3. The van der Waals surface area contributed by atoms with Crippen LogP contribution in [0.1, 0.15) is 30.4 Å².